The minimum atomic E-state index is 0.236. The number of aromatic hydroxyl groups is 1. The topological polar surface area (TPSA) is 45.5 Å². The van der Waals surface area contributed by atoms with E-state index < -0.39 is 0 Å². The van der Waals surface area contributed by atoms with E-state index >= 15 is 0 Å². The summed E-state index contributed by atoms with van der Waals surface area (Å²) in [4.78, 5) is 9.54. The Morgan fingerprint density at radius 1 is 0.893 bits per heavy atom. The molecule has 0 spiro atoms. The molecule has 0 aliphatic heterocycles. The number of benzene rings is 2. The number of hydrogen-bond acceptors (Lipinski definition) is 3. The van der Waals surface area contributed by atoms with Crippen LogP contribution in [0, 0.1) is 6.92 Å². The quantitative estimate of drug-likeness (QED) is 0.503. The summed E-state index contributed by atoms with van der Waals surface area (Å²) in [6.45, 7) is 10.8. The molecule has 0 radical (unpaired) electrons. The molecular formula is C25H28N2O. The number of phenolic OH excluding ortho intramolecular Hbond substituents is 1. The van der Waals surface area contributed by atoms with Gasteiger partial charge in [-0.2, -0.15) is 0 Å². The van der Waals surface area contributed by atoms with Crippen LogP contribution in [0.1, 0.15) is 61.9 Å². The van der Waals surface area contributed by atoms with E-state index in [1.807, 2.05) is 43.5 Å². The van der Waals surface area contributed by atoms with Gasteiger partial charge in [-0.1, -0.05) is 63.6 Å². The van der Waals surface area contributed by atoms with Gasteiger partial charge in [0.15, 0.2) is 0 Å². The number of rotatable bonds is 5. The smallest absolute Gasteiger partial charge is 0.124 e. The van der Waals surface area contributed by atoms with Crippen LogP contribution in [0.25, 0.3) is 11.3 Å². The first-order chi connectivity index (χ1) is 13.4. The molecule has 0 bridgehead atoms. The van der Waals surface area contributed by atoms with E-state index in [4.69, 9.17) is 9.98 Å². The van der Waals surface area contributed by atoms with E-state index in [1.165, 1.54) is 11.1 Å². The molecule has 0 saturated carbocycles. The lowest BCUT2D eigenvalue weighted by Crippen LogP contribution is -1.96. The maximum Gasteiger partial charge on any atom is 0.124 e. The van der Waals surface area contributed by atoms with Gasteiger partial charge in [0.1, 0.15) is 5.75 Å². The summed E-state index contributed by atoms with van der Waals surface area (Å²) in [7, 11) is 0. The molecule has 0 saturated heterocycles. The van der Waals surface area contributed by atoms with E-state index in [1.54, 1.807) is 6.07 Å². The Morgan fingerprint density at radius 3 is 2.18 bits per heavy atom. The molecule has 1 N–H and O–H groups in total. The standard InChI is InChI=1S/C25H28N2O/c1-16(2)20-9-7-10-21(17(3)4)25(20)26-15-19-8-6-11-23(27-19)22-14-18(5)12-13-24(22)28/h6-17,28H,1-5H3/b26-15+. The fourth-order valence-electron chi connectivity index (χ4n) is 3.32. The van der Waals surface area contributed by atoms with Gasteiger partial charge < -0.3 is 5.11 Å². The summed E-state index contributed by atoms with van der Waals surface area (Å²) in [5, 5.41) is 10.2. The third-order valence-electron chi connectivity index (χ3n) is 4.87. The van der Waals surface area contributed by atoms with Crippen molar-refractivity contribution < 1.29 is 5.11 Å². The molecule has 0 atom stereocenters. The van der Waals surface area contributed by atoms with Crippen LogP contribution in [0.2, 0.25) is 0 Å². The molecule has 3 aromatic rings. The van der Waals surface area contributed by atoms with Crippen LogP contribution in [0.5, 0.6) is 5.75 Å². The van der Waals surface area contributed by atoms with E-state index in [9.17, 15) is 5.11 Å². The Hall–Kier alpha value is -2.94. The fraction of sp³-hybridized carbons (Fsp3) is 0.280. The van der Waals surface area contributed by atoms with Crippen molar-refractivity contribution in [2.24, 2.45) is 4.99 Å². The molecule has 2 aromatic carbocycles. The molecule has 28 heavy (non-hydrogen) atoms. The van der Waals surface area contributed by atoms with Crippen LogP contribution in [-0.4, -0.2) is 16.3 Å². The highest BCUT2D eigenvalue weighted by Gasteiger charge is 2.13. The maximum atomic E-state index is 10.2. The van der Waals surface area contributed by atoms with Crippen LogP contribution in [0.15, 0.2) is 59.6 Å². The predicted molar refractivity (Wildman–Crippen MR) is 118 cm³/mol. The van der Waals surface area contributed by atoms with Crippen molar-refractivity contribution in [3.05, 3.63) is 77.0 Å². The SMILES string of the molecule is Cc1ccc(O)c(-c2cccc(/C=N/c3c(C(C)C)cccc3C(C)C)n2)c1. The molecule has 144 valence electrons. The third-order valence-corrected chi connectivity index (χ3v) is 4.87. The Morgan fingerprint density at radius 2 is 1.54 bits per heavy atom. The second kappa shape index (κ2) is 8.39. The number of aromatic nitrogens is 1. The first kappa shape index (κ1) is 19.8. The second-order valence-corrected chi connectivity index (χ2v) is 7.82. The van der Waals surface area contributed by atoms with Gasteiger partial charge in [0.25, 0.3) is 0 Å². The number of aryl methyl sites for hydroxylation is 1. The summed E-state index contributed by atoms with van der Waals surface area (Å²) in [6.07, 6.45) is 1.82. The molecule has 0 unspecified atom stereocenters. The number of pyridine rings is 1. The van der Waals surface area contributed by atoms with Crippen LogP contribution in [0.4, 0.5) is 5.69 Å². The molecular weight excluding hydrogens is 344 g/mol. The number of aliphatic imine (C=N–C) groups is 1. The molecule has 0 fully saturated rings. The molecule has 0 amide bonds. The van der Waals surface area contributed by atoms with Gasteiger partial charge in [0, 0.05) is 5.56 Å². The summed E-state index contributed by atoms with van der Waals surface area (Å²) in [5.41, 5.74) is 6.86. The number of phenols is 1. The lowest BCUT2D eigenvalue weighted by atomic mass is 9.93. The zero-order valence-electron chi connectivity index (χ0n) is 17.3. The van der Waals surface area contributed by atoms with Crippen molar-refractivity contribution in [2.45, 2.75) is 46.5 Å². The fourth-order valence-corrected chi connectivity index (χ4v) is 3.32. The van der Waals surface area contributed by atoms with Crippen LogP contribution in [0.3, 0.4) is 0 Å². The van der Waals surface area contributed by atoms with Crippen molar-refractivity contribution >= 4 is 11.9 Å². The van der Waals surface area contributed by atoms with Crippen LogP contribution >= 0.6 is 0 Å². The highest BCUT2D eigenvalue weighted by Crippen LogP contribution is 2.34. The van der Waals surface area contributed by atoms with Crippen molar-refractivity contribution in [1.29, 1.82) is 0 Å². The van der Waals surface area contributed by atoms with Gasteiger partial charge in [-0.25, -0.2) is 4.98 Å². The Labute approximate surface area is 167 Å². The third kappa shape index (κ3) is 4.30. The van der Waals surface area contributed by atoms with Crippen molar-refractivity contribution in [3.8, 4) is 17.0 Å². The molecule has 1 aromatic heterocycles. The maximum absolute atomic E-state index is 10.2. The minimum absolute atomic E-state index is 0.236. The minimum Gasteiger partial charge on any atom is -0.507 e. The average Bonchev–Trinajstić information content (AvgIpc) is 2.68. The van der Waals surface area contributed by atoms with Gasteiger partial charge in [0.05, 0.1) is 23.3 Å². The Kier molecular flexibility index (Phi) is 5.93. The van der Waals surface area contributed by atoms with Gasteiger partial charge in [-0.3, -0.25) is 4.99 Å². The molecule has 1 heterocycles. The first-order valence-corrected chi connectivity index (χ1v) is 9.80. The van der Waals surface area contributed by atoms with Crippen molar-refractivity contribution in [2.75, 3.05) is 0 Å². The molecule has 0 aliphatic carbocycles. The lowest BCUT2D eigenvalue weighted by molar-refractivity contribution is 0.477. The zero-order valence-corrected chi connectivity index (χ0v) is 17.3. The van der Waals surface area contributed by atoms with Crippen LogP contribution < -0.4 is 0 Å². The monoisotopic (exact) mass is 372 g/mol. The summed E-state index contributed by atoms with van der Waals surface area (Å²) < 4.78 is 0. The molecule has 3 nitrogen and oxygen atoms in total. The van der Waals surface area contributed by atoms with Crippen molar-refractivity contribution in [3.63, 3.8) is 0 Å². The largest absolute Gasteiger partial charge is 0.507 e. The summed E-state index contributed by atoms with van der Waals surface area (Å²) >= 11 is 0. The first-order valence-electron chi connectivity index (χ1n) is 9.80. The van der Waals surface area contributed by atoms with Crippen LogP contribution in [-0.2, 0) is 0 Å². The second-order valence-electron chi connectivity index (χ2n) is 7.82. The lowest BCUT2D eigenvalue weighted by Gasteiger charge is -2.16. The number of nitrogens with zero attached hydrogens (tertiary/aromatic N) is 2. The molecule has 0 aliphatic rings. The average molecular weight is 373 g/mol. The molecule has 3 heteroatoms. The number of hydrogen-bond donors (Lipinski definition) is 1. The highest BCUT2D eigenvalue weighted by molar-refractivity contribution is 5.82. The van der Waals surface area contributed by atoms with Crippen molar-refractivity contribution in [1.82, 2.24) is 4.98 Å². The Bertz CT molecular complexity index is 977. The Balaban J connectivity index is 2.02. The van der Waals surface area contributed by atoms with Gasteiger partial charge >= 0.3 is 0 Å². The number of para-hydroxylation sites is 1. The predicted octanol–water partition coefficient (Wildman–Crippen LogP) is 6.76. The van der Waals surface area contributed by atoms with Gasteiger partial charge in [-0.15, -0.1) is 0 Å². The van der Waals surface area contributed by atoms with E-state index in [-0.39, 0.29) is 5.75 Å². The van der Waals surface area contributed by atoms with E-state index in [0.717, 1.165) is 28.2 Å². The summed E-state index contributed by atoms with van der Waals surface area (Å²) in [6, 6.07) is 17.8. The summed E-state index contributed by atoms with van der Waals surface area (Å²) in [5.74, 6) is 1.03. The van der Waals surface area contributed by atoms with E-state index in [2.05, 4.69) is 45.9 Å². The zero-order chi connectivity index (χ0) is 20.3. The van der Waals surface area contributed by atoms with E-state index in [0.29, 0.717) is 11.8 Å². The van der Waals surface area contributed by atoms with Gasteiger partial charge in [-0.05, 0) is 54.2 Å². The molecule has 3 rings (SSSR count). The normalized spacial score (nSPS) is 11.7. The van der Waals surface area contributed by atoms with Gasteiger partial charge in [0.2, 0.25) is 0 Å². The highest BCUT2D eigenvalue weighted by atomic mass is 16.3.